The van der Waals surface area contributed by atoms with Gasteiger partial charge in [0.1, 0.15) is 6.61 Å². The summed E-state index contributed by atoms with van der Waals surface area (Å²) < 4.78 is 31.4. The SMILES string of the molecule is CC(F)(F)C(=O)COC12CC3CC(CC(C3)C1)C2. The molecule has 4 bridgehead atoms. The molecular weight excluding hydrogens is 238 g/mol. The van der Waals surface area contributed by atoms with Crippen molar-refractivity contribution < 1.29 is 18.3 Å². The molecule has 0 unspecified atom stereocenters. The third kappa shape index (κ3) is 2.20. The summed E-state index contributed by atoms with van der Waals surface area (Å²) in [6, 6.07) is 0. The summed E-state index contributed by atoms with van der Waals surface area (Å²) in [7, 11) is 0. The Morgan fingerprint density at radius 1 is 1.17 bits per heavy atom. The van der Waals surface area contributed by atoms with E-state index in [0.29, 0.717) is 24.7 Å². The molecule has 0 aliphatic heterocycles. The molecule has 0 atom stereocenters. The normalized spacial score (nSPS) is 42.3. The lowest BCUT2D eigenvalue weighted by molar-refractivity contribution is -0.178. The number of ether oxygens (including phenoxy) is 1. The molecule has 0 aromatic carbocycles. The van der Waals surface area contributed by atoms with Crippen molar-refractivity contribution in [3.05, 3.63) is 0 Å². The highest BCUT2D eigenvalue weighted by Gasteiger charge is 2.52. The number of halogens is 2. The summed E-state index contributed by atoms with van der Waals surface area (Å²) in [4.78, 5) is 11.3. The van der Waals surface area contributed by atoms with Crippen molar-refractivity contribution in [2.75, 3.05) is 6.61 Å². The molecule has 0 spiro atoms. The standard InChI is InChI=1S/C14H20F2O2/c1-13(15,16)12(17)8-18-14-5-9-2-10(6-14)4-11(3-9)7-14/h9-11H,2-8H2,1H3. The zero-order valence-electron chi connectivity index (χ0n) is 10.8. The molecular formula is C14H20F2O2. The third-order valence-corrected chi connectivity index (χ3v) is 4.98. The number of carbonyl (C=O) groups is 1. The van der Waals surface area contributed by atoms with Crippen molar-refractivity contribution in [2.45, 2.75) is 57.0 Å². The molecule has 0 aromatic rings. The van der Waals surface area contributed by atoms with E-state index in [1.54, 1.807) is 0 Å². The molecule has 18 heavy (non-hydrogen) atoms. The second kappa shape index (κ2) is 3.99. The van der Waals surface area contributed by atoms with Crippen LogP contribution in [-0.2, 0) is 9.53 Å². The number of Topliss-reactive ketones (excluding diaryl/α,β-unsaturated/α-hetero) is 1. The van der Waals surface area contributed by atoms with Gasteiger partial charge in [0.2, 0.25) is 5.78 Å². The Labute approximate surface area is 106 Å². The first-order valence-electron chi connectivity index (χ1n) is 6.91. The number of carbonyl (C=O) groups excluding carboxylic acids is 1. The van der Waals surface area contributed by atoms with Crippen LogP contribution in [0.25, 0.3) is 0 Å². The van der Waals surface area contributed by atoms with Crippen molar-refractivity contribution in [2.24, 2.45) is 17.8 Å². The lowest BCUT2D eigenvalue weighted by Crippen LogP contribution is -2.52. The fourth-order valence-corrected chi connectivity index (χ4v) is 4.55. The molecule has 4 aliphatic rings. The van der Waals surface area contributed by atoms with Crippen molar-refractivity contribution >= 4 is 5.78 Å². The molecule has 4 aliphatic carbocycles. The predicted octanol–water partition coefficient (Wildman–Crippen LogP) is 3.20. The smallest absolute Gasteiger partial charge is 0.304 e. The first kappa shape index (κ1) is 12.5. The molecule has 4 rings (SSSR count). The monoisotopic (exact) mass is 258 g/mol. The van der Waals surface area contributed by atoms with E-state index < -0.39 is 18.3 Å². The van der Waals surface area contributed by atoms with E-state index in [-0.39, 0.29) is 5.60 Å². The topological polar surface area (TPSA) is 26.3 Å². The zero-order chi connectivity index (χ0) is 13.0. The maximum absolute atomic E-state index is 12.8. The van der Waals surface area contributed by atoms with Gasteiger partial charge in [0.15, 0.2) is 0 Å². The van der Waals surface area contributed by atoms with Crippen LogP contribution in [-0.4, -0.2) is 23.9 Å². The van der Waals surface area contributed by atoms with E-state index in [0.717, 1.165) is 19.3 Å². The molecule has 4 fully saturated rings. The number of ketones is 1. The fraction of sp³-hybridized carbons (Fsp3) is 0.929. The lowest BCUT2D eigenvalue weighted by atomic mass is 9.54. The van der Waals surface area contributed by atoms with E-state index in [1.807, 2.05) is 0 Å². The van der Waals surface area contributed by atoms with Crippen LogP contribution in [0.5, 0.6) is 0 Å². The Hall–Kier alpha value is -0.510. The minimum Gasteiger partial charge on any atom is -0.367 e. The Morgan fingerprint density at radius 2 is 1.61 bits per heavy atom. The minimum absolute atomic E-state index is 0.254. The van der Waals surface area contributed by atoms with Gasteiger partial charge >= 0.3 is 5.92 Å². The summed E-state index contributed by atoms with van der Waals surface area (Å²) >= 11 is 0. The van der Waals surface area contributed by atoms with Crippen LogP contribution in [0.15, 0.2) is 0 Å². The molecule has 0 amide bonds. The zero-order valence-corrected chi connectivity index (χ0v) is 10.8. The second-order valence-electron chi connectivity index (χ2n) is 6.70. The van der Waals surface area contributed by atoms with Crippen molar-refractivity contribution in [3.63, 3.8) is 0 Å². The van der Waals surface area contributed by atoms with E-state index in [9.17, 15) is 13.6 Å². The van der Waals surface area contributed by atoms with Gasteiger partial charge in [0, 0.05) is 6.92 Å². The third-order valence-electron chi connectivity index (χ3n) is 4.98. The van der Waals surface area contributed by atoms with Crippen molar-refractivity contribution in [3.8, 4) is 0 Å². The first-order valence-corrected chi connectivity index (χ1v) is 6.91. The first-order chi connectivity index (χ1) is 8.36. The van der Waals surface area contributed by atoms with Gasteiger partial charge in [-0.3, -0.25) is 4.79 Å². The van der Waals surface area contributed by atoms with Gasteiger partial charge in [-0.1, -0.05) is 0 Å². The maximum Gasteiger partial charge on any atom is 0.304 e. The molecule has 4 saturated carbocycles. The van der Waals surface area contributed by atoms with Crippen LogP contribution in [0.2, 0.25) is 0 Å². The molecule has 0 saturated heterocycles. The highest BCUT2D eigenvalue weighted by atomic mass is 19.3. The van der Waals surface area contributed by atoms with Gasteiger partial charge < -0.3 is 4.74 Å². The van der Waals surface area contributed by atoms with Crippen LogP contribution in [0.4, 0.5) is 8.78 Å². The average molecular weight is 258 g/mol. The van der Waals surface area contributed by atoms with Crippen LogP contribution < -0.4 is 0 Å². The van der Waals surface area contributed by atoms with Gasteiger partial charge in [-0.15, -0.1) is 0 Å². The van der Waals surface area contributed by atoms with Gasteiger partial charge in [-0.05, 0) is 56.3 Å². The lowest BCUT2D eigenvalue weighted by Gasteiger charge is -2.56. The average Bonchev–Trinajstić information content (AvgIpc) is 2.22. The van der Waals surface area contributed by atoms with Crippen LogP contribution >= 0.6 is 0 Å². The van der Waals surface area contributed by atoms with Crippen LogP contribution in [0, 0.1) is 17.8 Å². The predicted molar refractivity (Wildman–Crippen MR) is 62.5 cm³/mol. The summed E-state index contributed by atoms with van der Waals surface area (Å²) in [6.07, 6.45) is 6.76. The quantitative estimate of drug-likeness (QED) is 0.774. The molecule has 0 radical (unpaired) electrons. The Morgan fingerprint density at radius 3 is 2.00 bits per heavy atom. The summed E-state index contributed by atoms with van der Waals surface area (Å²) in [5.41, 5.74) is -0.254. The molecule has 102 valence electrons. The van der Waals surface area contributed by atoms with Gasteiger partial charge in [-0.2, -0.15) is 8.78 Å². The second-order valence-corrected chi connectivity index (χ2v) is 6.70. The summed E-state index contributed by atoms with van der Waals surface area (Å²) in [5, 5.41) is 0. The van der Waals surface area contributed by atoms with Gasteiger partial charge in [0.25, 0.3) is 0 Å². The Kier molecular flexibility index (Phi) is 2.78. The van der Waals surface area contributed by atoms with Gasteiger partial charge in [-0.25, -0.2) is 0 Å². The summed E-state index contributed by atoms with van der Waals surface area (Å²) in [6.45, 7) is 0.230. The van der Waals surface area contributed by atoms with Gasteiger partial charge in [0.05, 0.1) is 5.60 Å². The Bertz CT molecular complexity index is 324. The molecule has 0 N–H and O–H groups in total. The van der Waals surface area contributed by atoms with E-state index in [2.05, 4.69) is 0 Å². The molecule has 0 heterocycles. The van der Waals surface area contributed by atoms with Crippen LogP contribution in [0.3, 0.4) is 0 Å². The highest BCUT2D eigenvalue weighted by Crippen LogP contribution is 2.57. The fourth-order valence-electron chi connectivity index (χ4n) is 4.55. The molecule has 4 heteroatoms. The maximum atomic E-state index is 12.8. The molecule has 2 nitrogen and oxygen atoms in total. The largest absolute Gasteiger partial charge is 0.367 e. The Balaban J connectivity index is 1.64. The number of hydrogen-bond acceptors (Lipinski definition) is 2. The van der Waals surface area contributed by atoms with Crippen molar-refractivity contribution in [1.82, 2.24) is 0 Å². The highest BCUT2D eigenvalue weighted by molar-refractivity contribution is 5.86. The van der Waals surface area contributed by atoms with Crippen molar-refractivity contribution in [1.29, 1.82) is 0 Å². The number of rotatable bonds is 4. The summed E-state index contributed by atoms with van der Waals surface area (Å²) in [5.74, 6) is -2.24. The van der Waals surface area contributed by atoms with E-state index in [4.69, 9.17) is 4.74 Å². The number of hydrogen-bond donors (Lipinski definition) is 0. The molecule has 0 aromatic heterocycles. The minimum atomic E-state index is -3.26. The van der Waals surface area contributed by atoms with E-state index >= 15 is 0 Å². The van der Waals surface area contributed by atoms with Crippen LogP contribution in [0.1, 0.15) is 45.4 Å². The van der Waals surface area contributed by atoms with E-state index in [1.165, 1.54) is 19.3 Å². The number of alkyl halides is 2.